The number of anilines is 1. The molecule has 0 aliphatic heterocycles. The molecule has 0 spiro atoms. The van der Waals surface area contributed by atoms with E-state index in [2.05, 4.69) is 28.5 Å². The molecule has 0 fully saturated rings. The van der Waals surface area contributed by atoms with Gasteiger partial charge in [0.1, 0.15) is 5.78 Å². The average molecular weight is 213 g/mol. The second kappa shape index (κ2) is 5.05. The summed E-state index contributed by atoms with van der Waals surface area (Å²) in [5.41, 5.74) is 0. The maximum Gasteiger partial charge on any atom is 0.202 e. The number of nitrogens with one attached hydrogen (secondary N) is 1. The monoisotopic (exact) mass is 213 g/mol. The smallest absolute Gasteiger partial charge is 0.202 e. The van der Waals surface area contributed by atoms with E-state index in [0.29, 0.717) is 18.3 Å². The lowest BCUT2D eigenvalue weighted by Crippen LogP contribution is -2.13. The maximum atomic E-state index is 10.8. The van der Waals surface area contributed by atoms with Crippen molar-refractivity contribution in [2.45, 2.75) is 39.7 Å². The lowest BCUT2D eigenvalue weighted by molar-refractivity contribution is -0.116. The molecule has 1 unspecified atom stereocenters. The molecule has 1 atom stereocenters. The van der Waals surface area contributed by atoms with Gasteiger partial charge in [-0.05, 0) is 20.3 Å². The lowest BCUT2D eigenvalue weighted by atomic mass is 10.3. The van der Waals surface area contributed by atoms with Crippen molar-refractivity contribution in [2.75, 3.05) is 5.32 Å². The third kappa shape index (κ3) is 3.41. The van der Waals surface area contributed by atoms with Crippen molar-refractivity contribution in [2.24, 2.45) is 0 Å². The summed E-state index contributed by atoms with van der Waals surface area (Å²) in [6, 6.07) is 0.396. The number of Topliss-reactive ketones (excluding diaryl/α,β-unsaturated/α-hetero) is 1. The van der Waals surface area contributed by atoms with Crippen molar-refractivity contribution in [3.63, 3.8) is 0 Å². The molecule has 0 aliphatic carbocycles. The summed E-state index contributed by atoms with van der Waals surface area (Å²) in [5.74, 6) is 0.714. The van der Waals surface area contributed by atoms with E-state index in [0.717, 1.165) is 11.6 Å². The normalized spacial score (nSPS) is 12.5. The van der Waals surface area contributed by atoms with Crippen LogP contribution in [0.4, 0.5) is 5.13 Å². The Balaban J connectivity index is 2.54. The van der Waals surface area contributed by atoms with Crippen molar-refractivity contribution >= 4 is 22.4 Å². The number of hydrogen-bond acceptors (Lipinski definition) is 5. The largest absolute Gasteiger partial charge is 0.358 e. The first-order chi connectivity index (χ1) is 6.61. The van der Waals surface area contributed by atoms with E-state index < -0.39 is 0 Å². The molecule has 1 N–H and O–H groups in total. The highest BCUT2D eigenvalue weighted by atomic mass is 32.1. The molecule has 5 heteroatoms. The van der Waals surface area contributed by atoms with Crippen LogP contribution < -0.4 is 5.32 Å². The SMILES string of the molecule is CCC(C)Nc1nc(CC(C)=O)ns1. The number of carbonyl (C=O) groups is 1. The van der Waals surface area contributed by atoms with Gasteiger partial charge in [-0.25, -0.2) is 4.98 Å². The van der Waals surface area contributed by atoms with Crippen LogP contribution in [0.15, 0.2) is 0 Å². The van der Waals surface area contributed by atoms with Gasteiger partial charge in [0, 0.05) is 17.6 Å². The molecular weight excluding hydrogens is 198 g/mol. The van der Waals surface area contributed by atoms with Crippen LogP contribution in [0, 0.1) is 0 Å². The molecule has 0 radical (unpaired) electrons. The van der Waals surface area contributed by atoms with E-state index >= 15 is 0 Å². The molecule has 78 valence electrons. The molecule has 0 saturated carbocycles. The van der Waals surface area contributed by atoms with Gasteiger partial charge >= 0.3 is 0 Å². The molecular formula is C9H15N3OS. The molecule has 1 aromatic rings. The van der Waals surface area contributed by atoms with Crippen LogP contribution in [0.2, 0.25) is 0 Å². The van der Waals surface area contributed by atoms with E-state index in [1.54, 1.807) is 6.92 Å². The van der Waals surface area contributed by atoms with E-state index in [1.165, 1.54) is 11.5 Å². The summed E-state index contributed by atoms with van der Waals surface area (Å²) in [4.78, 5) is 15.0. The predicted octanol–water partition coefficient (Wildman–Crippen LogP) is 1.88. The topological polar surface area (TPSA) is 54.9 Å². The van der Waals surface area contributed by atoms with Gasteiger partial charge in [-0.1, -0.05) is 6.92 Å². The Bertz CT molecular complexity index is 311. The molecule has 0 aliphatic rings. The van der Waals surface area contributed by atoms with Crippen LogP contribution in [0.3, 0.4) is 0 Å². The average Bonchev–Trinajstić information content (AvgIpc) is 2.51. The molecule has 1 aromatic heterocycles. The minimum Gasteiger partial charge on any atom is -0.358 e. The molecule has 0 aromatic carbocycles. The number of aromatic nitrogens is 2. The molecule has 0 amide bonds. The molecule has 0 saturated heterocycles. The molecule has 0 bridgehead atoms. The first kappa shape index (κ1) is 11.1. The van der Waals surface area contributed by atoms with E-state index in [-0.39, 0.29) is 5.78 Å². The summed E-state index contributed by atoms with van der Waals surface area (Å²) in [6.07, 6.45) is 1.38. The van der Waals surface area contributed by atoms with Gasteiger partial charge < -0.3 is 5.32 Å². The van der Waals surface area contributed by atoms with Crippen LogP contribution in [0.25, 0.3) is 0 Å². The molecule has 1 heterocycles. The first-order valence-electron chi connectivity index (χ1n) is 4.70. The van der Waals surface area contributed by atoms with Crippen molar-refractivity contribution in [1.29, 1.82) is 0 Å². The second-order valence-corrected chi connectivity index (χ2v) is 4.10. The van der Waals surface area contributed by atoms with Gasteiger partial charge in [0.15, 0.2) is 5.82 Å². The Labute approximate surface area is 87.9 Å². The zero-order valence-electron chi connectivity index (χ0n) is 8.70. The van der Waals surface area contributed by atoms with Gasteiger partial charge in [0.25, 0.3) is 0 Å². The Morgan fingerprint density at radius 3 is 2.93 bits per heavy atom. The fourth-order valence-corrected chi connectivity index (χ4v) is 1.62. The summed E-state index contributed by atoms with van der Waals surface area (Å²) in [7, 11) is 0. The molecule has 14 heavy (non-hydrogen) atoms. The quantitative estimate of drug-likeness (QED) is 0.811. The van der Waals surface area contributed by atoms with E-state index in [1.807, 2.05) is 0 Å². The van der Waals surface area contributed by atoms with Crippen molar-refractivity contribution in [3.05, 3.63) is 5.82 Å². The number of hydrogen-bond donors (Lipinski definition) is 1. The number of rotatable bonds is 5. The second-order valence-electron chi connectivity index (χ2n) is 3.35. The minimum absolute atomic E-state index is 0.0953. The van der Waals surface area contributed by atoms with Crippen molar-refractivity contribution in [1.82, 2.24) is 9.36 Å². The third-order valence-corrected chi connectivity index (χ3v) is 2.54. The van der Waals surface area contributed by atoms with Crippen molar-refractivity contribution in [3.8, 4) is 0 Å². The molecule has 1 rings (SSSR count). The summed E-state index contributed by atoms with van der Waals surface area (Å²) < 4.78 is 4.09. The Morgan fingerprint density at radius 2 is 2.36 bits per heavy atom. The first-order valence-corrected chi connectivity index (χ1v) is 5.47. The highest BCUT2D eigenvalue weighted by molar-refractivity contribution is 7.09. The molecule has 4 nitrogen and oxygen atoms in total. The number of carbonyl (C=O) groups excluding carboxylic acids is 1. The third-order valence-electron chi connectivity index (χ3n) is 1.86. The minimum atomic E-state index is 0.0953. The zero-order chi connectivity index (χ0) is 10.6. The van der Waals surface area contributed by atoms with Crippen LogP contribution >= 0.6 is 11.5 Å². The lowest BCUT2D eigenvalue weighted by Gasteiger charge is -2.07. The van der Waals surface area contributed by atoms with Crippen LogP contribution in [0.5, 0.6) is 0 Å². The number of nitrogens with zero attached hydrogens (tertiary/aromatic N) is 2. The summed E-state index contributed by atoms with van der Waals surface area (Å²) >= 11 is 1.31. The van der Waals surface area contributed by atoms with Crippen LogP contribution in [-0.4, -0.2) is 21.2 Å². The van der Waals surface area contributed by atoms with Crippen LogP contribution in [-0.2, 0) is 11.2 Å². The van der Waals surface area contributed by atoms with Gasteiger partial charge in [0.2, 0.25) is 5.13 Å². The Kier molecular flexibility index (Phi) is 4.00. The van der Waals surface area contributed by atoms with Gasteiger partial charge in [-0.2, -0.15) is 4.37 Å². The summed E-state index contributed by atoms with van der Waals surface area (Å²) in [5, 5.41) is 4.02. The predicted molar refractivity (Wildman–Crippen MR) is 57.7 cm³/mol. The summed E-state index contributed by atoms with van der Waals surface area (Å²) in [6.45, 7) is 5.74. The van der Waals surface area contributed by atoms with Gasteiger partial charge in [0.05, 0.1) is 6.42 Å². The highest BCUT2D eigenvalue weighted by Gasteiger charge is 2.07. The Morgan fingerprint density at radius 1 is 1.64 bits per heavy atom. The zero-order valence-corrected chi connectivity index (χ0v) is 9.52. The van der Waals surface area contributed by atoms with Gasteiger partial charge in [-0.15, -0.1) is 0 Å². The maximum absolute atomic E-state index is 10.8. The van der Waals surface area contributed by atoms with E-state index in [4.69, 9.17) is 0 Å². The van der Waals surface area contributed by atoms with Crippen LogP contribution in [0.1, 0.15) is 33.0 Å². The Hall–Kier alpha value is -0.970. The van der Waals surface area contributed by atoms with Crippen molar-refractivity contribution < 1.29 is 4.79 Å². The highest BCUT2D eigenvalue weighted by Crippen LogP contribution is 2.13. The fraction of sp³-hybridized carbons (Fsp3) is 0.667. The fourth-order valence-electron chi connectivity index (χ4n) is 0.920. The number of ketones is 1. The van der Waals surface area contributed by atoms with E-state index in [9.17, 15) is 4.79 Å². The van der Waals surface area contributed by atoms with Gasteiger partial charge in [-0.3, -0.25) is 4.79 Å². The standard InChI is InChI=1S/C9H15N3OS/c1-4-6(2)10-9-11-8(12-14-9)5-7(3)13/h6H,4-5H2,1-3H3,(H,10,11,12).